The summed E-state index contributed by atoms with van der Waals surface area (Å²) in [6.07, 6.45) is 6.20. The normalized spacial score (nSPS) is 33.7. The van der Waals surface area contributed by atoms with Crippen LogP contribution in [0.15, 0.2) is 18.3 Å². The lowest BCUT2D eigenvalue weighted by Crippen LogP contribution is -2.47. The average Bonchev–Trinajstić information content (AvgIpc) is 3.42. The first kappa shape index (κ1) is 16.9. The van der Waals surface area contributed by atoms with Crippen molar-refractivity contribution in [3.8, 4) is 0 Å². The van der Waals surface area contributed by atoms with Crippen molar-refractivity contribution >= 4 is 11.8 Å². The van der Waals surface area contributed by atoms with Crippen molar-refractivity contribution < 1.29 is 19.1 Å². The smallest absolute Gasteiger partial charge is 0.230 e. The van der Waals surface area contributed by atoms with E-state index in [0.717, 1.165) is 17.7 Å². The van der Waals surface area contributed by atoms with Gasteiger partial charge >= 0.3 is 0 Å². The van der Waals surface area contributed by atoms with Crippen LogP contribution in [0.25, 0.3) is 0 Å². The maximum atomic E-state index is 13.4. The largest absolute Gasteiger partial charge is 0.380 e. The van der Waals surface area contributed by atoms with Gasteiger partial charge in [-0.05, 0) is 6.92 Å². The first-order valence-electron chi connectivity index (χ1n) is 9.66. The highest BCUT2D eigenvalue weighted by Gasteiger charge is 2.67. The van der Waals surface area contributed by atoms with E-state index < -0.39 is 17.4 Å². The van der Waals surface area contributed by atoms with Crippen molar-refractivity contribution in [3.05, 3.63) is 29.6 Å². The highest BCUT2D eigenvalue weighted by Crippen LogP contribution is 2.52. The van der Waals surface area contributed by atoms with E-state index in [-0.39, 0.29) is 17.9 Å². The van der Waals surface area contributed by atoms with Crippen LogP contribution in [-0.2, 0) is 32.0 Å². The molecule has 1 N–H and O–H groups in total. The lowest BCUT2D eigenvalue weighted by molar-refractivity contribution is -0.144. The second-order valence-electron chi connectivity index (χ2n) is 7.74. The third-order valence-corrected chi connectivity index (χ3v) is 6.29. The van der Waals surface area contributed by atoms with Gasteiger partial charge in [-0.2, -0.15) is 5.10 Å². The first-order chi connectivity index (χ1) is 13.1. The molecule has 0 saturated carbocycles. The molecule has 144 valence electrons. The van der Waals surface area contributed by atoms with Crippen molar-refractivity contribution in [1.29, 1.82) is 0 Å². The van der Waals surface area contributed by atoms with Gasteiger partial charge in [0.1, 0.15) is 5.60 Å². The van der Waals surface area contributed by atoms with Crippen LogP contribution in [0.1, 0.15) is 18.2 Å². The monoisotopic (exact) mass is 372 g/mol. The zero-order chi connectivity index (χ0) is 18.6. The maximum Gasteiger partial charge on any atom is 0.230 e. The number of hydrogen-bond donors (Lipinski definition) is 1. The molecule has 0 radical (unpaired) electrons. The molecular weight excluding hydrogens is 348 g/mol. The van der Waals surface area contributed by atoms with Crippen LogP contribution in [0, 0.1) is 11.8 Å². The lowest BCUT2D eigenvalue weighted by Gasteiger charge is -2.32. The second kappa shape index (κ2) is 6.17. The Bertz CT molecular complexity index is 805. The number of likely N-dealkylation sites (tertiary alicyclic amines) is 1. The zero-order valence-corrected chi connectivity index (χ0v) is 15.4. The van der Waals surface area contributed by atoms with E-state index in [1.54, 1.807) is 11.1 Å². The summed E-state index contributed by atoms with van der Waals surface area (Å²) in [5.74, 6) is -0.829. The Labute approximate surface area is 157 Å². The summed E-state index contributed by atoms with van der Waals surface area (Å²) in [7, 11) is 0. The van der Waals surface area contributed by atoms with Crippen molar-refractivity contribution in [1.82, 2.24) is 20.0 Å². The summed E-state index contributed by atoms with van der Waals surface area (Å²) >= 11 is 0. The van der Waals surface area contributed by atoms with E-state index in [1.807, 2.05) is 24.0 Å². The predicted octanol–water partition coefficient (Wildman–Crippen LogP) is 0.113. The number of rotatable bonds is 5. The highest BCUT2D eigenvalue weighted by molar-refractivity contribution is 5.93. The molecule has 1 aromatic heterocycles. The van der Waals surface area contributed by atoms with Gasteiger partial charge in [0.25, 0.3) is 0 Å². The summed E-state index contributed by atoms with van der Waals surface area (Å²) in [5.41, 5.74) is 1.50. The molecule has 0 aliphatic carbocycles. The molecule has 1 spiro atoms. The van der Waals surface area contributed by atoms with Gasteiger partial charge in [0.2, 0.25) is 11.8 Å². The molecule has 4 aliphatic heterocycles. The van der Waals surface area contributed by atoms with Gasteiger partial charge in [-0.25, -0.2) is 0 Å². The second-order valence-corrected chi connectivity index (χ2v) is 7.74. The first-order valence-corrected chi connectivity index (χ1v) is 9.66. The number of nitrogens with zero attached hydrogens (tertiary/aromatic N) is 3. The van der Waals surface area contributed by atoms with Gasteiger partial charge in [-0.3, -0.25) is 14.7 Å². The van der Waals surface area contributed by atoms with Crippen molar-refractivity contribution in [3.63, 3.8) is 0 Å². The summed E-state index contributed by atoms with van der Waals surface area (Å²) in [6, 6.07) is 0. The number of hydrogen-bond acceptors (Lipinski definition) is 5. The predicted molar refractivity (Wildman–Crippen MR) is 94.5 cm³/mol. The summed E-state index contributed by atoms with van der Waals surface area (Å²) in [4.78, 5) is 30.1. The van der Waals surface area contributed by atoms with Crippen molar-refractivity contribution in [2.45, 2.75) is 31.6 Å². The number of ether oxygens (including phenoxy) is 2. The number of aromatic nitrogens is 2. The number of amides is 2. The average molecular weight is 372 g/mol. The van der Waals surface area contributed by atoms with E-state index in [9.17, 15) is 9.59 Å². The van der Waals surface area contributed by atoms with Gasteiger partial charge < -0.3 is 19.3 Å². The Morgan fingerprint density at radius 1 is 1.52 bits per heavy atom. The van der Waals surface area contributed by atoms with E-state index >= 15 is 0 Å². The van der Waals surface area contributed by atoms with Gasteiger partial charge in [-0.1, -0.05) is 12.2 Å². The molecule has 0 aromatic carbocycles. The standard InChI is InChI=1S/C19H24N4O4/c1-2-26-8-7-23-11-19-5-3-14(27-19)15(16(19)18(23)25)17(24)22-6-4-13-12(10-22)9-20-21-13/h3,5,9,14-16H,2,4,6-8,10-11H2,1H3,(H,20,21)/t14-,15+,16-,19-/m0/s1. The van der Waals surface area contributed by atoms with Crippen LogP contribution in [0.2, 0.25) is 0 Å². The molecule has 4 atom stereocenters. The van der Waals surface area contributed by atoms with Gasteiger partial charge in [0, 0.05) is 43.9 Å². The summed E-state index contributed by atoms with van der Waals surface area (Å²) < 4.78 is 11.6. The fourth-order valence-electron chi connectivity index (χ4n) is 4.99. The minimum Gasteiger partial charge on any atom is -0.380 e. The van der Waals surface area contributed by atoms with Crippen LogP contribution >= 0.6 is 0 Å². The van der Waals surface area contributed by atoms with Gasteiger partial charge in [-0.15, -0.1) is 0 Å². The van der Waals surface area contributed by atoms with Crippen LogP contribution in [-0.4, -0.2) is 76.4 Å². The van der Waals surface area contributed by atoms with Crippen molar-refractivity contribution in [2.75, 3.05) is 32.8 Å². The van der Waals surface area contributed by atoms with E-state index in [0.29, 0.717) is 39.4 Å². The molecule has 5 heterocycles. The molecule has 8 heteroatoms. The van der Waals surface area contributed by atoms with E-state index in [4.69, 9.17) is 9.47 Å². The fraction of sp³-hybridized carbons (Fsp3) is 0.632. The molecule has 2 fully saturated rings. The minimum absolute atomic E-state index is 0.0147. The van der Waals surface area contributed by atoms with E-state index in [2.05, 4.69) is 10.2 Å². The number of carbonyl (C=O) groups is 2. The molecule has 4 aliphatic rings. The Kier molecular flexibility index (Phi) is 3.87. The molecule has 5 rings (SSSR count). The summed E-state index contributed by atoms with van der Waals surface area (Å²) in [6.45, 7) is 5.29. The van der Waals surface area contributed by atoms with Gasteiger partial charge in [0.05, 0.1) is 37.3 Å². The Hall–Kier alpha value is -2.19. The topological polar surface area (TPSA) is 87.8 Å². The Balaban J connectivity index is 1.36. The molecular formula is C19H24N4O4. The van der Waals surface area contributed by atoms with Crippen LogP contribution < -0.4 is 0 Å². The molecule has 0 unspecified atom stereocenters. The van der Waals surface area contributed by atoms with E-state index in [1.165, 1.54) is 0 Å². The third kappa shape index (κ3) is 2.46. The molecule has 2 bridgehead atoms. The zero-order valence-electron chi connectivity index (χ0n) is 15.4. The number of H-pyrrole nitrogens is 1. The van der Waals surface area contributed by atoms with Crippen molar-refractivity contribution in [2.24, 2.45) is 11.8 Å². The van der Waals surface area contributed by atoms with Gasteiger partial charge in [0.15, 0.2) is 0 Å². The summed E-state index contributed by atoms with van der Waals surface area (Å²) in [5, 5.41) is 7.06. The third-order valence-electron chi connectivity index (χ3n) is 6.29. The number of nitrogens with one attached hydrogen (secondary N) is 1. The molecule has 2 amide bonds. The molecule has 27 heavy (non-hydrogen) atoms. The molecule has 8 nitrogen and oxygen atoms in total. The minimum atomic E-state index is -0.648. The lowest BCUT2D eigenvalue weighted by atomic mass is 9.76. The SMILES string of the molecule is CCOCCN1C[C@]23C=C[C@H](O2)[C@@H](C(=O)N2CCc4[nH]ncc4C2)[C@H]3C1=O. The number of aromatic amines is 1. The fourth-order valence-corrected chi connectivity index (χ4v) is 4.99. The molecule has 2 saturated heterocycles. The number of fused-ring (bicyclic) bond motifs is 2. The quantitative estimate of drug-likeness (QED) is 0.586. The van der Waals surface area contributed by atoms with Crippen LogP contribution in [0.4, 0.5) is 0 Å². The van der Waals surface area contributed by atoms with Crippen LogP contribution in [0.5, 0.6) is 0 Å². The Morgan fingerprint density at radius 2 is 2.41 bits per heavy atom. The maximum absolute atomic E-state index is 13.4. The highest BCUT2D eigenvalue weighted by atomic mass is 16.5. The molecule has 1 aromatic rings. The Morgan fingerprint density at radius 3 is 3.26 bits per heavy atom. The van der Waals surface area contributed by atoms with Crippen LogP contribution in [0.3, 0.4) is 0 Å². The number of carbonyl (C=O) groups excluding carboxylic acids is 2.